The second kappa shape index (κ2) is 6.63. The number of carbonyl (C=O) groups is 1. The van der Waals surface area contributed by atoms with Crippen molar-refractivity contribution in [2.24, 2.45) is 0 Å². The van der Waals surface area contributed by atoms with Crippen LogP contribution in [0.2, 0.25) is 5.02 Å². The molecule has 0 bridgehead atoms. The zero-order valence-electron chi connectivity index (χ0n) is 12.0. The van der Waals surface area contributed by atoms with Crippen LogP contribution in [0, 0.1) is 0 Å². The van der Waals surface area contributed by atoms with Gasteiger partial charge in [-0.2, -0.15) is 0 Å². The number of benzene rings is 2. The number of amides is 1. The molecule has 1 amide bonds. The summed E-state index contributed by atoms with van der Waals surface area (Å²) in [6, 6.07) is 15.1. The van der Waals surface area contributed by atoms with Crippen LogP contribution in [0.15, 0.2) is 53.0 Å². The maximum Gasteiger partial charge on any atom is 0.251 e. The first kappa shape index (κ1) is 16.1. The quantitative estimate of drug-likeness (QED) is 0.826. The lowest BCUT2D eigenvalue weighted by molar-refractivity contribution is 0.0945. The summed E-state index contributed by atoms with van der Waals surface area (Å²) in [4.78, 5) is 12.1. The molecular weight excluding hydrogens is 350 g/mol. The highest BCUT2D eigenvalue weighted by molar-refractivity contribution is 9.10. The van der Waals surface area contributed by atoms with Crippen LogP contribution >= 0.6 is 27.5 Å². The minimum atomic E-state index is -0.157. The fourth-order valence-corrected chi connectivity index (χ4v) is 2.40. The zero-order valence-corrected chi connectivity index (χ0v) is 14.3. The maximum absolute atomic E-state index is 12.1. The minimum absolute atomic E-state index is 0.0652. The fourth-order valence-electron chi connectivity index (χ4n) is 2.01. The molecule has 4 heteroatoms. The Balaban J connectivity index is 2.02. The molecule has 0 unspecified atom stereocenters. The molecule has 2 rings (SSSR count). The molecule has 0 spiro atoms. The van der Waals surface area contributed by atoms with E-state index in [0.29, 0.717) is 17.1 Å². The van der Waals surface area contributed by atoms with Gasteiger partial charge in [-0.15, -0.1) is 0 Å². The van der Waals surface area contributed by atoms with Crippen molar-refractivity contribution in [1.82, 2.24) is 5.32 Å². The smallest absolute Gasteiger partial charge is 0.251 e. The highest BCUT2D eigenvalue weighted by Crippen LogP contribution is 2.24. The first-order valence-corrected chi connectivity index (χ1v) is 7.85. The third kappa shape index (κ3) is 4.32. The predicted molar refractivity (Wildman–Crippen MR) is 91.0 cm³/mol. The van der Waals surface area contributed by atoms with Crippen molar-refractivity contribution in [3.8, 4) is 0 Å². The van der Waals surface area contributed by atoms with Gasteiger partial charge in [-0.3, -0.25) is 4.79 Å². The molecule has 0 saturated heterocycles. The molecular formula is C17H17BrClNO. The van der Waals surface area contributed by atoms with Crippen LogP contribution < -0.4 is 5.32 Å². The van der Waals surface area contributed by atoms with E-state index in [1.54, 1.807) is 12.1 Å². The first-order chi connectivity index (χ1) is 9.88. The molecule has 0 heterocycles. The molecule has 2 nitrogen and oxygen atoms in total. The second-order valence-electron chi connectivity index (χ2n) is 5.58. The van der Waals surface area contributed by atoms with Crippen LogP contribution in [0.5, 0.6) is 0 Å². The van der Waals surface area contributed by atoms with E-state index >= 15 is 0 Å². The molecule has 21 heavy (non-hydrogen) atoms. The standard InChI is InChI=1S/C17H17BrClNO/c1-17(2,13-5-9-15(19)10-6-13)11-20-16(21)12-3-7-14(18)8-4-12/h3-10H,11H2,1-2H3,(H,20,21). The summed E-state index contributed by atoms with van der Waals surface area (Å²) in [6.07, 6.45) is 0. The van der Waals surface area contributed by atoms with Crippen LogP contribution in [-0.2, 0) is 5.41 Å². The third-order valence-electron chi connectivity index (χ3n) is 3.42. The molecule has 0 aliphatic rings. The summed E-state index contributed by atoms with van der Waals surface area (Å²) in [5, 5.41) is 3.70. The maximum atomic E-state index is 12.1. The lowest BCUT2D eigenvalue weighted by Crippen LogP contribution is -2.36. The van der Waals surface area contributed by atoms with Crippen molar-refractivity contribution in [1.29, 1.82) is 0 Å². The Bertz CT molecular complexity index is 620. The van der Waals surface area contributed by atoms with E-state index in [2.05, 4.69) is 35.1 Å². The van der Waals surface area contributed by atoms with Gasteiger partial charge in [0.1, 0.15) is 0 Å². The van der Waals surface area contributed by atoms with Crippen molar-refractivity contribution >= 4 is 33.4 Å². The molecule has 0 radical (unpaired) electrons. The lowest BCUT2D eigenvalue weighted by Gasteiger charge is -2.25. The number of hydrogen-bond donors (Lipinski definition) is 1. The van der Waals surface area contributed by atoms with E-state index in [1.807, 2.05) is 36.4 Å². The predicted octanol–water partition coefficient (Wildman–Crippen LogP) is 4.81. The number of rotatable bonds is 4. The van der Waals surface area contributed by atoms with Gasteiger partial charge in [-0.25, -0.2) is 0 Å². The number of carbonyl (C=O) groups excluding carboxylic acids is 1. The Morgan fingerprint density at radius 3 is 2.24 bits per heavy atom. The summed E-state index contributed by atoms with van der Waals surface area (Å²) in [7, 11) is 0. The van der Waals surface area contributed by atoms with Crippen LogP contribution in [0.3, 0.4) is 0 Å². The van der Waals surface area contributed by atoms with Crippen molar-refractivity contribution in [2.45, 2.75) is 19.3 Å². The Morgan fingerprint density at radius 2 is 1.67 bits per heavy atom. The summed E-state index contributed by atoms with van der Waals surface area (Å²) < 4.78 is 0.959. The molecule has 0 aliphatic carbocycles. The molecule has 0 aliphatic heterocycles. The monoisotopic (exact) mass is 365 g/mol. The SMILES string of the molecule is CC(C)(CNC(=O)c1ccc(Br)cc1)c1ccc(Cl)cc1. The van der Waals surface area contributed by atoms with E-state index < -0.39 is 0 Å². The van der Waals surface area contributed by atoms with Gasteiger partial charge in [0.15, 0.2) is 0 Å². The van der Waals surface area contributed by atoms with Gasteiger partial charge in [0, 0.05) is 27.0 Å². The van der Waals surface area contributed by atoms with Crippen LogP contribution in [0.1, 0.15) is 29.8 Å². The Kier molecular flexibility index (Phi) is 5.07. The van der Waals surface area contributed by atoms with Crippen molar-refractivity contribution in [2.75, 3.05) is 6.54 Å². The van der Waals surface area contributed by atoms with Crippen LogP contribution in [0.25, 0.3) is 0 Å². The molecule has 2 aromatic carbocycles. The largest absolute Gasteiger partial charge is 0.351 e. The Morgan fingerprint density at radius 1 is 1.10 bits per heavy atom. The Labute approximate surface area is 138 Å². The molecule has 1 N–H and O–H groups in total. The van der Waals surface area contributed by atoms with Gasteiger partial charge in [0.25, 0.3) is 5.91 Å². The molecule has 2 aromatic rings. The summed E-state index contributed by atoms with van der Waals surface area (Å²) >= 11 is 9.27. The zero-order chi connectivity index (χ0) is 15.5. The van der Waals surface area contributed by atoms with Crippen molar-refractivity contribution in [3.63, 3.8) is 0 Å². The molecule has 0 aromatic heterocycles. The normalized spacial score (nSPS) is 11.2. The van der Waals surface area contributed by atoms with Crippen molar-refractivity contribution in [3.05, 3.63) is 69.2 Å². The van der Waals surface area contributed by atoms with Crippen molar-refractivity contribution < 1.29 is 4.79 Å². The van der Waals surface area contributed by atoms with E-state index in [4.69, 9.17) is 11.6 Å². The summed E-state index contributed by atoms with van der Waals surface area (Å²) in [5.41, 5.74) is 1.64. The van der Waals surface area contributed by atoms with E-state index in [9.17, 15) is 4.79 Å². The van der Waals surface area contributed by atoms with Gasteiger partial charge in [-0.05, 0) is 42.0 Å². The highest BCUT2D eigenvalue weighted by atomic mass is 79.9. The molecule has 0 saturated carbocycles. The van der Waals surface area contributed by atoms with Gasteiger partial charge in [0.2, 0.25) is 0 Å². The number of nitrogens with one attached hydrogen (secondary N) is 1. The van der Waals surface area contributed by atoms with Gasteiger partial charge in [-0.1, -0.05) is 53.5 Å². The Hall–Kier alpha value is -1.32. The minimum Gasteiger partial charge on any atom is -0.351 e. The first-order valence-electron chi connectivity index (χ1n) is 6.68. The average Bonchev–Trinajstić information content (AvgIpc) is 2.46. The number of halogens is 2. The van der Waals surface area contributed by atoms with Gasteiger partial charge in [0.05, 0.1) is 0 Å². The summed E-state index contributed by atoms with van der Waals surface area (Å²) in [5.74, 6) is -0.0652. The summed E-state index contributed by atoms with van der Waals surface area (Å²) in [6.45, 7) is 4.75. The fraction of sp³-hybridized carbons (Fsp3) is 0.235. The van der Waals surface area contributed by atoms with Crippen LogP contribution in [0.4, 0.5) is 0 Å². The topological polar surface area (TPSA) is 29.1 Å². The number of hydrogen-bond acceptors (Lipinski definition) is 1. The van der Waals surface area contributed by atoms with E-state index in [-0.39, 0.29) is 11.3 Å². The molecule has 0 fully saturated rings. The third-order valence-corrected chi connectivity index (χ3v) is 4.20. The second-order valence-corrected chi connectivity index (χ2v) is 6.93. The van der Waals surface area contributed by atoms with Gasteiger partial charge < -0.3 is 5.32 Å². The van der Waals surface area contributed by atoms with E-state index in [1.165, 1.54) is 0 Å². The molecule has 0 atom stereocenters. The van der Waals surface area contributed by atoms with E-state index in [0.717, 1.165) is 10.0 Å². The van der Waals surface area contributed by atoms with Gasteiger partial charge >= 0.3 is 0 Å². The van der Waals surface area contributed by atoms with Crippen LogP contribution in [-0.4, -0.2) is 12.5 Å². The lowest BCUT2D eigenvalue weighted by atomic mass is 9.84. The molecule has 110 valence electrons. The highest BCUT2D eigenvalue weighted by Gasteiger charge is 2.21. The average molecular weight is 367 g/mol.